The van der Waals surface area contributed by atoms with Crippen LogP contribution in [0.3, 0.4) is 0 Å². The maximum absolute atomic E-state index is 9.79. The lowest BCUT2D eigenvalue weighted by atomic mass is 9.97. The van der Waals surface area contributed by atoms with Crippen molar-refractivity contribution in [3.05, 3.63) is 65.9 Å². The SMILES string of the molecule is COc1ccc(-c2c(C#N)cn3c(nc4ccccc43)c2C#N)cc1. The fourth-order valence-corrected chi connectivity index (χ4v) is 3.04. The van der Waals surface area contributed by atoms with Gasteiger partial charge in [-0.15, -0.1) is 0 Å². The van der Waals surface area contributed by atoms with Crippen LogP contribution >= 0.6 is 0 Å². The molecule has 2 aromatic carbocycles. The second-order valence-corrected chi connectivity index (χ2v) is 5.54. The van der Waals surface area contributed by atoms with Gasteiger partial charge in [0, 0.05) is 11.8 Å². The van der Waals surface area contributed by atoms with Crippen LogP contribution in [0.4, 0.5) is 0 Å². The van der Waals surface area contributed by atoms with Crippen LogP contribution in [0.25, 0.3) is 27.8 Å². The zero-order chi connectivity index (χ0) is 17.4. The van der Waals surface area contributed by atoms with Crippen LogP contribution in [0.15, 0.2) is 54.7 Å². The molecule has 0 N–H and O–H groups in total. The van der Waals surface area contributed by atoms with Crippen molar-refractivity contribution in [2.24, 2.45) is 0 Å². The molecule has 5 heteroatoms. The standard InChI is InChI=1S/C20H12N4O/c1-25-15-8-6-13(7-9-15)19-14(10-21)12-24-18-5-3-2-4-17(18)23-20(24)16(19)11-22/h2-9,12H,1H3. The summed E-state index contributed by atoms with van der Waals surface area (Å²) in [5.74, 6) is 0.716. The molecule has 0 aliphatic carbocycles. The van der Waals surface area contributed by atoms with Crippen molar-refractivity contribution in [2.45, 2.75) is 0 Å². The monoisotopic (exact) mass is 324 g/mol. The fraction of sp³-hybridized carbons (Fsp3) is 0.0500. The van der Waals surface area contributed by atoms with Gasteiger partial charge in [-0.2, -0.15) is 10.5 Å². The number of methoxy groups -OCH3 is 1. The number of hydrogen-bond acceptors (Lipinski definition) is 4. The lowest BCUT2D eigenvalue weighted by molar-refractivity contribution is 0.415. The van der Waals surface area contributed by atoms with Crippen molar-refractivity contribution in [3.63, 3.8) is 0 Å². The van der Waals surface area contributed by atoms with E-state index in [-0.39, 0.29) is 0 Å². The summed E-state index contributed by atoms with van der Waals surface area (Å²) in [6.07, 6.45) is 1.74. The molecule has 0 aliphatic rings. The Morgan fingerprint density at radius 2 is 1.76 bits per heavy atom. The Hall–Kier alpha value is -3.83. The third-order valence-corrected chi connectivity index (χ3v) is 4.21. The number of fused-ring (bicyclic) bond motifs is 3. The van der Waals surface area contributed by atoms with E-state index in [0.29, 0.717) is 28.1 Å². The first-order valence-corrected chi connectivity index (χ1v) is 7.65. The highest BCUT2D eigenvalue weighted by molar-refractivity contribution is 5.88. The third kappa shape index (κ3) is 2.19. The molecule has 25 heavy (non-hydrogen) atoms. The smallest absolute Gasteiger partial charge is 0.156 e. The van der Waals surface area contributed by atoms with Crippen molar-refractivity contribution in [1.29, 1.82) is 10.5 Å². The Bertz CT molecular complexity index is 1190. The molecule has 4 aromatic rings. The number of pyridine rings is 1. The minimum atomic E-state index is 0.389. The van der Waals surface area contributed by atoms with Gasteiger partial charge in [0.2, 0.25) is 0 Å². The summed E-state index contributed by atoms with van der Waals surface area (Å²) in [6.45, 7) is 0. The van der Waals surface area contributed by atoms with E-state index in [2.05, 4.69) is 17.1 Å². The molecule has 0 amide bonds. The van der Waals surface area contributed by atoms with Gasteiger partial charge in [-0.25, -0.2) is 4.98 Å². The summed E-state index contributed by atoms with van der Waals surface area (Å²) in [6, 6.07) is 19.4. The number of nitrogens with zero attached hydrogens (tertiary/aromatic N) is 4. The molecule has 2 heterocycles. The summed E-state index contributed by atoms with van der Waals surface area (Å²) >= 11 is 0. The lowest BCUT2D eigenvalue weighted by Gasteiger charge is -2.10. The van der Waals surface area contributed by atoms with Crippen LogP contribution in [-0.2, 0) is 0 Å². The Morgan fingerprint density at radius 1 is 1.00 bits per heavy atom. The average Bonchev–Trinajstić information content (AvgIpc) is 3.05. The molecular weight excluding hydrogens is 312 g/mol. The highest BCUT2D eigenvalue weighted by Gasteiger charge is 2.18. The number of imidazole rings is 1. The largest absolute Gasteiger partial charge is 0.497 e. The summed E-state index contributed by atoms with van der Waals surface area (Å²) in [7, 11) is 1.60. The van der Waals surface area contributed by atoms with E-state index in [1.807, 2.05) is 48.5 Å². The van der Waals surface area contributed by atoms with E-state index in [1.54, 1.807) is 17.7 Å². The van der Waals surface area contributed by atoms with E-state index in [0.717, 1.165) is 16.6 Å². The molecule has 4 rings (SSSR count). The summed E-state index contributed by atoms with van der Waals surface area (Å²) in [4.78, 5) is 4.59. The molecule has 0 aliphatic heterocycles. The molecule has 118 valence electrons. The summed E-state index contributed by atoms with van der Waals surface area (Å²) in [5.41, 5.74) is 4.40. The highest BCUT2D eigenvalue weighted by Crippen LogP contribution is 2.32. The Kier molecular flexibility index (Phi) is 3.34. The maximum atomic E-state index is 9.79. The molecule has 5 nitrogen and oxygen atoms in total. The number of aromatic nitrogens is 2. The zero-order valence-electron chi connectivity index (χ0n) is 13.4. The second kappa shape index (κ2) is 5.67. The van der Waals surface area contributed by atoms with Crippen LogP contribution in [0, 0.1) is 22.7 Å². The van der Waals surface area contributed by atoms with E-state index in [1.165, 1.54) is 0 Å². The molecule has 0 spiro atoms. The van der Waals surface area contributed by atoms with Gasteiger partial charge in [-0.1, -0.05) is 24.3 Å². The molecule has 0 saturated carbocycles. The highest BCUT2D eigenvalue weighted by atomic mass is 16.5. The number of hydrogen-bond donors (Lipinski definition) is 0. The van der Waals surface area contributed by atoms with Crippen LogP contribution < -0.4 is 4.74 Å². The molecule has 0 atom stereocenters. The van der Waals surface area contributed by atoms with Crippen molar-refractivity contribution in [2.75, 3.05) is 7.11 Å². The normalized spacial score (nSPS) is 10.5. The van der Waals surface area contributed by atoms with Crippen molar-refractivity contribution < 1.29 is 4.74 Å². The van der Waals surface area contributed by atoms with E-state index >= 15 is 0 Å². The minimum absolute atomic E-state index is 0.389. The van der Waals surface area contributed by atoms with E-state index in [9.17, 15) is 10.5 Å². The number of benzene rings is 2. The molecule has 0 radical (unpaired) electrons. The van der Waals surface area contributed by atoms with Crippen molar-refractivity contribution >= 4 is 16.7 Å². The predicted molar refractivity (Wildman–Crippen MR) is 94.1 cm³/mol. The minimum Gasteiger partial charge on any atom is -0.497 e. The topological polar surface area (TPSA) is 74.1 Å². The van der Waals surface area contributed by atoms with Crippen LogP contribution in [-0.4, -0.2) is 16.5 Å². The molecule has 0 bridgehead atoms. The van der Waals surface area contributed by atoms with Crippen LogP contribution in [0.1, 0.15) is 11.1 Å². The van der Waals surface area contributed by atoms with Crippen molar-refractivity contribution in [1.82, 2.24) is 9.38 Å². The average molecular weight is 324 g/mol. The zero-order valence-corrected chi connectivity index (χ0v) is 13.4. The Balaban J connectivity index is 2.11. The van der Waals surface area contributed by atoms with Gasteiger partial charge in [-0.3, -0.25) is 4.40 Å². The van der Waals surface area contributed by atoms with E-state index in [4.69, 9.17) is 4.74 Å². The van der Waals surface area contributed by atoms with Gasteiger partial charge >= 0.3 is 0 Å². The summed E-state index contributed by atoms with van der Waals surface area (Å²) in [5, 5.41) is 19.4. The van der Waals surface area contributed by atoms with Gasteiger partial charge in [0.25, 0.3) is 0 Å². The number of rotatable bonds is 2. The van der Waals surface area contributed by atoms with Crippen molar-refractivity contribution in [3.8, 4) is 29.0 Å². The first-order valence-electron chi connectivity index (χ1n) is 7.65. The molecule has 2 aromatic heterocycles. The third-order valence-electron chi connectivity index (χ3n) is 4.21. The maximum Gasteiger partial charge on any atom is 0.156 e. The molecule has 0 unspecified atom stereocenters. The molecule has 0 saturated heterocycles. The second-order valence-electron chi connectivity index (χ2n) is 5.54. The lowest BCUT2D eigenvalue weighted by Crippen LogP contribution is -1.97. The van der Waals surface area contributed by atoms with Gasteiger partial charge in [-0.05, 0) is 29.8 Å². The van der Waals surface area contributed by atoms with Crippen LogP contribution in [0.2, 0.25) is 0 Å². The molecular formula is C20H12N4O. The Morgan fingerprint density at radius 3 is 2.44 bits per heavy atom. The van der Waals surface area contributed by atoms with E-state index < -0.39 is 0 Å². The van der Waals surface area contributed by atoms with Gasteiger partial charge in [0.05, 0.1) is 23.7 Å². The number of para-hydroxylation sites is 2. The number of ether oxygens (including phenoxy) is 1. The number of nitriles is 2. The van der Waals surface area contributed by atoms with Gasteiger partial charge in [0.15, 0.2) is 5.65 Å². The van der Waals surface area contributed by atoms with Gasteiger partial charge < -0.3 is 4.74 Å². The summed E-state index contributed by atoms with van der Waals surface area (Å²) < 4.78 is 6.99. The van der Waals surface area contributed by atoms with Gasteiger partial charge in [0.1, 0.15) is 23.5 Å². The fourth-order valence-electron chi connectivity index (χ4n) is 3.04. The van der Waals surface area contributed by atoms with Crippen LogP contribution in [0.5, 0.6) is 5.75 Å². The molecule has 0 fully saturated rings. The first-order chi connectivity index (χ1) is 12.3. The Labute approximate surface area is 144 Å². The predicted octanol–water partition coefficient (Wildman–Crippen LogP) is 3.91. The quantitative estimate of drug-likeness (QED) is 0.560. The first kappa shape index (κ1) is 14.7.